The first-order valence-electron chi connectivity index (χ1n) is 11.8. The van der Waals surface area contributed by atoms with Gasteiger partial charge in [0.15, 0.2) is 11.2 Å². The van der Waals surface area contributed by atoms with E-state index >= 15 is 0 Å². The maximum absolute atomic E-state index is 14.7. The van der Waals surface area contributed by atoms with E-state index in [1.165, 1.54) is 34.4 Å². The van der Waals surface area contributed by atoms with Crippen LogP contribution in [0.4, 0.5) is 20.8 Å². The summed E-state index contributed by atoms with van der Waals surface area (Å²) in [5, 5.41) is 3.29. The smallest absolute Gasteiger partial charge is 0.419 e. The van der Waals surface area contributed by atoms with Crippen LogP contribution >= 0.6 is 0 Å². The second-order valence-corrected chi connectivity index (χ2v) is 9.88. The number of nitrogens with zero attached hydrogens (tertiary/aromatic N) is 6. The molecule has 0 atom stereocenters. The number of aryl methyl sites for hydroxylation is 2. The number of nitrogens with one attached hydrogen (secondary N) is 1. The predicted octanol–water partition coefficient (Wildman–Crippen LogP) is 3.50. The van der Waals surface area contributed by atoms with Crippen molar-refractivity contribution in [1.29, 1.82) is 0 Å². The highest BCUT2D eigenvalue weighted by molar-refractivity contribution is 5.91. The van der Waals surface area contributed by atoms with Gasteiger partial charge in [0.25, 0.3) is 5.56 Å². The third-order valence-corrected chi connectivity index (χ3v) is 6.06. The zero-order valence-electron chi connectivity index (χ0n) is 21.5. The fourth-order valence-corrected chi connectivity index (χ4v) is 4.31. The number of hydrogen-bond donors (Lipinski definition) is 1. The molecular formula is C26H26FN7O4. The molecule has 0 spiro atoms. The molecule has 38 heavy (non-hydrogen) atoms. The monoisotopic (exact) mass is 519 g/mol. The van der Waals surface area contributed by atoms with Gasteiger partial charge in [0.1, 0.15) is 11.4 Å². The molecule has 4 heterocycles. The lowest BCUT2D eigenvalue weighted by molar-refractivity contribution is 0.0540. The summed E-state index contributed by atoms with van der Waals surface area (Å²) in [6.07, 6.45) is 2.48. The highest BCUT2D eigenvalue weighted by atomic mass is 19.1. The van der Waals surface area contributed by atoms with Crippen LogP contribution in [-0.2, 0) is 25.4 Å². The largest absolute Gasteiger partial charge is 0.443 e. The van der Waals surface area contributed by atoms with E-state index in [-0.39, 0.29) is 34.3 Å². The molecule has 0 radical (unpaired) electrons. The summed E-state index contributed by atoms with van der Waals surface area (Å²) in [5.74, 6) is -0.193. The fourth-order valence-electron chi connectivity index (χ4n) is 4.31. The Kier molecular flexibility index (Phi) is 5.89. The average molecular weight is 520 g/mol. The molecule has 1 N–H and O–H groups in total. The number of hydrogen-bond acceptors (Lipinski definition) is 7. The Bertz CT molecular complexity index is 1820. The highest BCUT2D eigenvalue weighted by Crippen LogP contribution is 2.25. The standard InChI is InChI=1S/C26H26FN7O4/c1-26(2,3)38-25(37)34-16(13-17-18(27)7-6-8-19(17)34)14-33-22(35)20-21(32(5)24(33)36)30-23(31(20)4)29-15-9-11-28-12-10-15/h6-13H,14H2,1-5H3,(H,28,29,30). The van der Waals surface area contributed by atoms with Gasteiger partial charge in [-0.1, -0.05) is 6.07 Å². The van der Waals surface area contributed by atoms with Crippen LogP contribution in [0, 0.1) is 5.82 Å². The first-order chi connectivity index (χ1) is 18.0. The molecule has 0 aliphatic rings. The van der Waals surface area contributed by atoms with Gasteiger partial charge < -0.3 is 14.6 Å². The van der Waals surface area contributed by atoms with Gasteiger partial charge in [-0.05, 0) is 51.1 Å². The van der Waals surface area contributed by atoms with Crippen LogP contribution in [-0.4, -0.2) is 39.9 Å². The highest BCUT2D eigenvalue weighted by Gasteiger charge is 2.25. The molecule has 0 unspecified atom stereocenters. The number of carbonyl (C=O) groups is 1. The second-order valence-electron chi connectivity index (χ2n) is 9.88. The van der Waals surface area contributed by atoms with Crippen LogP contribution in [0.5, 0.6) is 0 Å². The van der Waals surface area contributed by atoms with Crippen molar-refractivity contribution in [2.45, 2.75) is 32.9 Å². The molecule has 11 nitrogen and oxygen atoms in total. The number of fused-ring (bicyclic) bond motifs is 2. The number of benzene rings is 1. The molecule has 0 fully saturated rings. The van der Waals surface area contributed by atoms with E-state index in [2.05, 4.69) is 15.3 Å². The molecule has 0 amide bonds. The summed E-state index contributed by atoms with van der Waals surface area (Å²) < 4.78 is 25.2. The summed E-state index contributed by atoms with van der Waals surface area (Å²) >= 11 is 0. The molecule has 196 valence electrons. The van der Waals surface area contributed by atoms with Crippen molar-refractivity contribution in [3.05, 3.63) is 81.1 Å². The molecule has 1 aromatic carbocycles. The minimum atomic E-state index is -0.822. The molecule has 4 aromatic heterocycles. The van der Waals surface area contributed by atoms with E-state index in [0.29, 0.717) is 11.6 Å². The van der Waals surface area contributed by atoms with Crippen LogP contribution in [0.1, 0.15) is 26.5 Å². The Morgan fingerprint density at radius 3 is 2.47 bits per heavy atom. The van der Waals surface area contributed by atoms with E-state index < -0.39 is 28.8 Å². The van der Waals surface area contributed by atoms with Crippen molar-refractivity contribution in [3.63, 3.8) is 0 Å². The number of pyridine rings is 1. The maximum Gasteiger partial charge on any atom is 0.419 e. The fraction of sp³-hybridized carbons (Fsp3) is 0.269. The Labute approximate surface area is 215 Å². The third kappa shape index (κ3) is 4.23. The summed E-state index contributed by atoms with van der Waals surface area (Å²) in [7, 11) is 3.16. The van der Waals surface area contributed by atoms with E-state index in [0.717, 1.165) is 4.57 Å². The Morgan fingerprint density at radius 2 is 1.79 bits per heavy atom. The molecule has 0 bridgehead atoms. The molecule has 0 aliphatic heterocycles. The number of aromatic nitrogens is 6. The van der Waals surface area contributed by atoms with Crippen LogP contribution in [0.3, 0.4) is 0 Å². The van der Waals surface area contributed by atoms with Gasteiger partial charge in [-0.15, -0.1) is 0 Å². The first kappa shape index (κ1) is 24.9. The summed E-state index contributed by atoms with van der Waals surface area (Å²) in [5.41, 5.74) is -0.520. The number of carbonyl (C=O) groups excluding carboxylic acids is 1. The SMILES string of the molecule is Cn1c(Nc2ccncc2)nc2c1c(=O)n(Cc1cc3c(F)cccc3n1C(=O)OC(C)(C)C)c(=O)n2C. The van der Waals surface area contributed by atoms with Crippen molar-refractivity contribution < 1.29 is 13.9 Å². The van der Waals surface area contributed by atoms with Gasteiger partial charge in [0, 0.05) is 37.6 Å². The first-order valence-corrected chi connectivity index (χ1v) is 11.8. The Morgan fingerprint density at radius 1 is 1.08 bits per heavy atom. The maximum atomic E-state index is 14.7. The third-order valence-electron chi connectivity index (χ3n) is 6.06. The van der Waals surface area contributed by atoms with Gasteiger partial charge in [-0.3, -0.25) is 18.9 Å². The van der Waals surface area contributed by atoms with Crippen molar-refractivity contribution in [2.75, 3.05) is 5.32 Å². The van der Waals surface area contributed by atoms with E-state index in [9.17, 15) is 18.8 Å². The molecule has 5 aromatic rings. The average Bonchev–Trinajstić information content (AvgIpc) is 3.39. The Balaban J connectivity index is 1.67. The molecular weight excluding hydrogens is 493 g/mol. The lowest BCUT2D eigenvalue weighted by atomic mass is 10.2. The normalized spacial score (nSPS) is 11.8. The van der Waals surface area contributed by atoms with E-state index in [4.69, 9.17) is 4.74 Å². The van der Waals surface area contributed by atoms with Crippen molar-refractivity contribution >= 4 is 39.8 Å². The van der Waals surface area contributed by atoms with E-state index in [1.54, 1.807) is 63.0 Å². The Hall–Kier alpha value is -4.74. The predicted molar refractivity (Wildman–Crippen MR) is 140 cm³/mol. The second kappa shape index (κ2) is 8.98. The van der Waals surface area contributed by atoms with Gasteiger partial charge >= 0.3 is 11.8 Å². The molecule has 0 saturated carbocycles. The van der Waals surface area contributed by atoms with Crippen molar-refractivity contribution in [2.24, 2.45) is 14.1 Å². The van der Waals surface area contributed by atoms with Crippen LogP contribution < -0.4 is 16.6 Å². The summed E-state index contributed by atoms with van der Waals surface area (Å²) in [4.78, 5) is 48.6. The van der Waals surface area contributed by atoms with Gasteiger partial charge in [0.05, 0.1) is 17.8 Å². The quantitative estimate of drug-likeness (QED) is 0.386. The lowest BCUT2D eigenvalue weighted by Crippen LogP contribution is -2.40. The van der Waals surface area contributed by atoms with Crippen LogP contribution in [0.25, 0.3) is 22.1 Å². The number of ether oxygens (including phenoxy) is 1. The van der Waals surface area contributed by atoms with Crippen LogP contribution in [0.15, 0.2) is 58.4 Å². The summed E-state index contributed by atoms with van der Waals surface area (Å²) in [6.45, 7) is 4.84. The van der Waals surface area contributed by atoms with Gasteiger partial charge in [-0.2, -0.15) is 4.98 Å². The molecule has 0 saturated heterocycles. The zero-order valence-corrected chi connectivity index (χ0v) is 21.5. The number of rotatable bonds is 4. The van der Waals surface area contributed by atoms with Gasteiger partial charge in [0.2, 0.25) is 5.95 Å². The topological polar surface area (TPSA) is 118 Å². The van der Waals surface area contributed by atoms with Gasteiger partial charge in [-0.25, -0.2) is 18.5 Å². The summed E-state index contributed by atoms with van der Waals surface area (Å²) in [6, 6.07) is 9.26. The minimum absolute atomic E-state index is 0.170. The number of anilines is 2. The number of imidazole rings is 1. The van der Waals surface area contributed by atoms with E-state index in [1.807, 2.05) is 0 Å². The molecule has 0 aliphatic carbocycles. The number of halogens is 1. The zero-order chi connectivity index (χ0) is 27.4. The van der Waals surface area contributed by atoms with Crippen molar-refractivity contribution in [1.82, 2.24) is 28.2 Å². The van der Waals surface area contributed by atoms with Crippen molar-refractivity contribution in [3.8, 4) is 0 Å². The molecule has 12 heteroatoms. The minimum Gasteiger partial charge on any atom is -0.443 e. The molecule has 5 rings (SSSR count). The lowest BCUT2D eigenvalue weighted by Gasteiger charge is -2.21. The van der Waals surface area contributed by atoms with Crippen LogP contribution in [0.2, 0.25) is 0 Å².